The second-order valence-electron chi connectivity index (χ2n) is 35.7. The molecule has 0 fully saturated rings. The molecule has 0 saturated heterocycles. The number of furan rings is 3. The van der Waals surface area contributed by atoms with Crippen LogP contribution in [0.3, 0.4) is 0 Å². The number of rotatable bonds is 30. The molecule has 12 rings (SSSR count). The fraction of sp³-hybridized carbons (Fsp3) is 0.431. The van der Waals surface area contributed by atoms with Gasteiger partial charge in [0.25, 0.3) is 0 Å². The van der Waals surface area contributed by atoms with Gasteiger partial charge >= 0.3 is 12.2 Å². The first kappa shape index (κ1) is 99.5. The second kappa shape index (κ2) is 49.0. The van der Waals surface area contributed by atoms with Crippen LogP contribution in [0.15, 0.2) is 227 Å². The van der Waals surface area contributed by atoms with E-state index in [4.69, 9.17) is 38.9 Å². The van der Waals surface area contributed by atoms with Crippen molar-refractivity contribution in [3.63, 3.8) is 0 Å². The molecule has 0 spiro atoms. The molecule has 0 saturated carbocycles. The van der Waals surface area contributed by atoms with Crippen LogP contribution in [0.1, 0.15) is 269 Å². The summed E-state index contributed by atoms with van der Waals surface area (Å²) in [6.07, 6.45) is 16.8. The molecule has 124 heavy (non-hydrogen) atoms. The molecule has 0 atom stereocenters. The van der Waals surface area contributed by atoms with Gasteiger partial charge in [0.05, 0.1) is 67.5 Å². The van der Waals surface area contributed by atoms with Crippen molar-refractivity contribution in [3.8, 4) is 56.6 Å². The first-order valence-corrected chi connectivity index (χ1v) is 43.9. The normalized spacial score (nSPS) is 11.4. The number of aromatic nitrogens is 9. The Morgan fingerprint density at radius 1 is 0.427 bits per heavy atom. The third-order valence-corrected chi connectivity index (χ3v) is 19.6. The van der Waals surface area contributed by atoms with E-state index in [1.54, 1.807) is 29.7 Å². The predicted molar refractivity (Wildman–Crippen MR) is 503 cm³/mol. The Kier molecular flexibility index (Phi) is 39.3. The van der Waals surface area contributed by atoms with E-state index in [2.05, 4.69) is 259 Å². The number of alkyl carbamates (subject to hydrolysis) is 2. The van der Waals surface area contributed by atoms with Crippen molar-refractivity contribution < 1.29 is 37.1 Å². The first-order chi connectivity index (χ1) is 58.9. The van der Waals surface area contributed by atoms with Crippen molar-refractivity contribution in [2.45, 2.75) is 263 Å². The molecular weight excluding hydrogens is 1550 g/mol. The van der Waals surface area contributed by atoms with Crippen molar-refractivity contribution in [1.82, 2.24) is 60.9 Å². The predicted octanol–water partition coefficient (Wildman–Crippen LogP) is 23.8. The molecule has 0 aliphatic rings. The number of aryl methyl sites for hydroxylation is 4. The van der Waals surface area contributed by atoms with E-state index in [1.165, 1.54) is 61.2 Å². The van der Waals surface area contributed by atoms with Gasteiger partial charge in [-0.3, -0.25) is 4.68 Å². The Bertz CT molecular complexity index is 5120. The van der Waals surface area contributed by atoms with Gasteiger partial charge in [0.15, 0.2) is 5.88 Å². The van der Waals surface area contributed by atoms with Gasteiger partial charge in [0.2, 0.25) is 0 Å². The zero-order valence-corrected chi connectivity index (χ0v) is 77.9. The van der Waals surface area contributed by atoms with Gasteiger partial charge in [-0.05, 0) is 304 Å². The number of benzene rings is 6. The van der Waals surface area contributed by atoms with Crippen molar-refractivity contribution in [3.05, 3.63) is 275 Å². The van der Waals surface area contributed by atoms with Crippen LogP contribution in [0.25, 0.3) is 56.6 Å². The number of carbonyl (C=O) groups is 2. The zero-order valence-electron chi connectivity index (χ0n) is 77.9. The molecule has 666 valence electrons. The molecular formula is C102H140N14O8. The minimum Gasteiger partial charge on any atom is -0.474 e. The van der Waals surface area contributed by atoms with Gasteiger partial charge in [-0.2, -0.15) is 0 Å². The van der Waals surface area contributed by atoms with Crippen molar-refractivity contribution >= 4 is 12.2 Å². The smallest absolute Gasteiger partial charge is 0.407 e. The summed E-state index contributed by atoms with van der Waals surface area (Å²) in [4.78, 5) is 23.3. The van der Waals surface area contributed by atoms with Crippen molar-refractivity contribution in [2.24, 2.45) is 11.5 Å². The summed E-state index contributed by atoms with van der Waals surface area (Å²) >= 11 is 0. The lowest BCUT2D eigenvalue weighted by Gasteiger charge is -2.23. The molecule has 0 aliphatic heterocycles. The number of nitrogens with two attached hydrogens (primary N) is 2. The number of ether oxygens (including phenoxy) is 3. The van der Waals surface area contributed by atoms with Crippen LogP contribution >= 0.6 is 0 Å². The van der Waals surface area contributed by atoms with Crippen molar-refractivity contribution in [1.29, 1.82) is 0 Å². The summed E-state index contributed by atoms with van der Waals surface area (Å²) < 4.78 is 38.1. The molecule has 2 amide bonds. The summed E-state index contributed by atoms with van der Waals surface area (Å²) in [6.45, 7) is 53.0. The maximum Gasteiger partial charge on any atom is 0.407 e. The third-order valence-electron chi connectivity index (χ3n) is 19.6. The van der Waals surface area contributed by atoms with Crippen LogP contribution in [0.4, 0.5) is 9.59 Å². The number of nitrogens with zero attached hydrogens (tertiary/aromatic N) is 9. The average Bonchev–Trinajstić information content (AvgIpc) is 1.86. The van der Waals surface area contributed by atoms with E-state index in [0.29, 0.717) is 66.7 Å². The summed E-state index contributed by atoms with van der Waals surface area (Å²) in [6, 6.07) is 56.8. The van der Waals surface area contributed by atoms with E-state index in [9.17, 15) is 9.59 Å². The highest BCUT2D eigenvalue weighted by Gasteiger charge is 2.20. The van der Waals surface area contributed by atoms with Crippen LogP contribution in [-0.2, 0) is 53.0 Å². The highest BCUT2D eigenvalue weighted by atomic mass is 16.6. The Hall–Kier alpha value is -11.6. The zero-order chi connectivity index (χ0) is 90.7. The molecule has 0 radical (unpaired) electrons. The number of hydrogen-bond donors (Lipinski definition) is 5. The molecule has 0 unspecified atom stereocenters. The molecule has 6 heterocycles. The van der Waals surface area contributed by atoms with Gasteiger partial charge in [-0.25, -0.2) is 19.0 Å². The number of hydrogen-bond acceptors (Lipinski definition) is 17. The summed E-state index contributed by atoms with van der Waals surface area (Å²) in [5.41, 5.74) is 30.9. The first-order valence-electron chi connectivity index (χ1n) is 43.9. The summed E-state index contributed by atoms with van der Waals surface area (Å²) in [5.74, 6) is 6.36. The minimum atomic E-state index is -0.515. The average molecular weight is 1690 g/mol. The van der Waals surface area contributed by atoms with E-state index in [-0.39, 0.29) is 18.2 Å². The monoisotopic (exact) mass is 1690 g/mol. The van der Waals surface area contributed by atoms with Crippen LogP contribution in [0, 0.1) is 0 Å². The fourth-order valence-electron chi connectivity index (χ4n) is 12.8. The summed E-state index contributed by atoms with van der Waals surface area (Å²) in [5, 5.41) is 33.5. The number of amides is 2. The van der Waals surface area contributed by atoms with E-state index >= 15 is 0 Å². The molecule has 6 aromatic heterocycles. The highest BCUT2D eigenvalue weighted by Crippen LogP contribution is 2.33. The van der Waals surface area contributed by atoms with Gasteiger partial charge < -0.3 is 54.9 Å². The maximum atomic E-state index is 11.7. The molecule has 7 N–H and O–H groups in total. The van der Waals surface area contributed by atoms with Crippen LogP contribution in [0.5, 0.6) is 0 Å². The Morgan fingerprint density at radius 3 is 1.34 bits per heavy atom. The minimum absolute atomic E-state index is 0.244. The topological polar surface area (TPSA) is 282 Å². The lowest BCUT2D eigenvalue weighted by atomic mass is 9.94. The molecule has 6 aromatic carbocycles. The Labute approximate surface area is 738 Å². The van der Waals surface area contributed by atoms with Crippen molar-refractivity contribution in [2.75, 3.05) is 26.2 Å². The maximum absolute atomic E-state index is 11.7. The Balaban J connectivity index is 0.000000206. The quantitative estimate of drug-likeness (QED) is 0.0207. The van der Waals surface area contributed by atoms with E-state index < -0.39 is 17.3 Å². The van der Waals surface area contributed by atoms with Gasteiger partial charge in [0.1, 0.15) is 45.5 Å². The fourth-order valence-corrected chi connectivity index (χ4v) is 12.8. The molecule has 0 aliphatic carbocycles. The second-order valence-corrected chi connectivity index (χ2v) is 35.7. The van der Waals surface area contributed by atoms with Gasteiger partial charge in [-0.15, -0.1) is 15.3 Å². The molecule has 0 bridgehead atoms. The van der Waals surface area contributed by atoms with Crippen LogP contribution in [-0.4, -0.2) is 100 Å². The van der Waals surface area contributed by atoms with E-state index in [1.807, 2.05) is 133 Å². The van der Waals surface area contributed by atoms with Crippen LogP contribution < -0.4 is 27.4 Å². The number of carbonyl (C=O) groups excluding carboxylic acids is 2. The van der Waals surface area contributed by atoms with Gasteiger partial charge in [-0.1, -0.05) is 178 Å². The van der Waals surface area contributed by atoms with Crippen LogP contribution in [0.2, 0.25) is 0 Å². The van der Waals surface area contributed by atoms with Gasteiger partial charge in [0, 0.05) is 35.3 Å². The highest BCUT2D eigenvalue weighted by molar-refractivity contribution is 5.69. The Morgan fingerprint density at radius 2 is 0.871 bits per heavy atom. The molecule has 22 nitrogen and oxygen atoms in total. The lowest BCUT2D eigenvalue weighted by Crippen LogP contribution is -2.33. The largest absolute Gasteiger partial charge is 0.474 e. The molecule has 22 heteroatoms. The lowest BCUT2D eigenvalue weighted by molar-refractivity contribution is 0.0412. The molecule has 12 aromatic rings. The standard InChI is InChI=1S/C21H29NO3.C19H28N4O.C17H24N4O2.2C16H21NO.C13H17N3/c1-15(2)17-11-10-16(18(14-17)19-9-7-13-24-19)8-6-12-22-20(23)25-21(3,4)5;1-14(2)16-8-7-9-17(12-16)18-13-23(22-21-18)11-10-20-15(3)24-19(4,5)6;1-12(2)13-7-6-8-15(9-13)21-11-14(19-20-21)10-18-16(22)23-17(3,4)5;1-12(2)14-8-7-13(5-3-9-17)15(11-14)16-6-4-10-18-16;1-12(2)14-9-13(5-3-7-17)10-15(11-14)16-6-4-8-18-16;1-4-12-9-16(15-14-12)13-7-5-6-11(8-13)10(2)3/h7,9-11,13-15H,6,8,12H2,1-5H3,(H,22,23);7-9,12-14,20H,3,10-11H2,1-2,4-6H3;6-9,11-12H,10H2,1-5H3,(H,18,22);4,6-8,10-12H,3,5,9,17H2,1-2H3;4,6,8-12H,3,5,7,17H2,1-2H3;5-10H,4H2,1-3H3. The SMILES string of the molecule is C=C(NCCn1cc(-c2cccc(C(C)C)c2)nn1)OC(C)(C)C.CC(C)c1cc(CCCN)cc(-c2ccco2)c1.CC(C)c1ccc(CCCN)c(-c2ccco2)c1.CC(C)c1ccc(CCCNC(=O)OC(C)(C)C)c(-c2ccco2)c1.CC(C)c1cccc(-n2cc(CNC(=O)OC(C)(C)C)nn2)c1.CCc1cn(-c2cccc(C(C)C)c2)nn1. The van der Waals surface area contributed by atoms with E-state index in [0.717, 1.165) is 109 Å². The summed E-state index contributed by atoms with van der Waals surface area (Å²) in [7, 11) is 0. The number of nitrogens with one attached hydrogen (secondary N) is 3. The third kappa shape index (κ3) is 34.6.